The average Bonchev–Trinajstić information content (AvgIpc) is 1.82. The molecular weight excluding hydrogens is 152 g/mol. The molecule has 0 spiro atoms. The Morgan fingerprint density at radius 3 is 2.36 bits per heavy atom. The molecule has 0 aliphatic heterocycles. The predicted octanol–water partition coefficient (Wildman–Crippen LogP) is 1.33. The van der Waals surface area contributed by atoms with Crippen LogP contribution in [0.4, 0.5) is 8.78 Å². The van der Waals surface area contributed by atoms with Crippen molar-refractivity contribution in [2.75, 3.05) is 0 Å². The summed E-state index contributed by atoms with van der Waals surface area (Å²) in [5.74, 6) is -0.486. The van der Waals surface area contributed by atoms with E-state index in [4.69, 9.17) is 0 Å². The van der Waals surface area contributed by atoms with Gasteiger partial charge in [-0.1, -0.05) is 0 Å². The standard InChI is InChI=1S/C7H11F2NO/c1-5(2)10-7(11)4-3-6(8)9/h3-6H,1-2H3,(H,10,11)/b4-3+. The molecule has 0 saturated heterocycles. The second kappa shape index (κ2) is 4.82. The number of amides is 1. The molecule has 1 N–H and O–H groups in total. The van der Waals surface area contributed by atoms with E-state index >= 15 is 0 Å². The Balaban J connectivity index is 3.69. The van der Waals surface area contributed by atoms with Gasteiger partial charge >= 0.3 is 0 Å². The highest BCUT2D eigenvalue weighted by atomic mass is 19.3. The Morgan fingerprint density at radius 1 is 1.45 bits per heavy atom. The van der Waals surface area contributed by atoms with Gasteiger partial charge in [-0.3, -0.25) is 4.79 Å². The Morgan fingerprint density at radius 2 is 2.00 bits per heavy atom. The predicted molar refractivity (Wildman–Crippen MR) is 38.4 cm³/mol. The lowest BCUT2D eigenvalue weighted by molar-refractivity contribution is -0.117. The number of carbonyl (C=O) groups is 1. The molecule has 0 aromatic rings. The van der Waals surface area contributed by atoms with Crippen LogP contribution in [0.25, 0.3) is 0 Å². The van der Waals surface area contributed by atoms with Crippen molar-refractivity contribution in [1.82, 2.24) is 5.32 Å². The molecule has 0 aliphatic rings. The Kier molecular flexibility index (Phi) is 4.41. The van der Waals surface area contributed by atoms with Gasteiger partial charge in [0, 0.05) is 12.1 Å². The third kappa shape index (κ3) is 6.96. The summed E-state index contributed by atoms with van der Waals surface area (Å²) in [6, 6.07) is -0.0233. The van der Waals surface area contributed by atoms with Crippen LogP contribution in [0.2, 0.25) is 0 Å². The Bertz CT molecular complexity index is 155. The number of rotatable bonds is 3. The molecule has 4 heteroatoms. The van der Waals surface area contributed by atoms with Crippen LogP contribution in [-0.4, -0.2) is 18.4 Å². The van der Waals surface area contributed by atoms with Gasteiger partial charge in [-0.15, -0.1) is 0 Å². The third-order valence-electron chi connectivity index (χ3n) is 0.824. The van der Waals surface area contributed by atoms with Crippen LogP contribution in [0.15, 0.2) is 12.2 Å². The first kappa shape index (κ1) is 10.1. The normalized spacial score (nSPS) is 11.5. The fraction of sp³-hybridized carbons (Fsp3) is 0.571. The molecule has 0 heterocycles. The molecule has 0 aliphatic carbocycles. The summed E-state index contributed by atoms with van der Waals surface area (Å²) in [6.07, 6.45) is -1.17. The molecule has 0 fully saturated rings. The van der Waals surface area contributed by atoms with E-state index in [-0.39, 0.29) is 6.04 Å². The van der Waals surface area contributed by atoms with Gasteiger partial charge in [-0.05, 0) is 19.9 Å². The molecular formula is C7H11F2NO. The monoisotopic (exact) mass is 163 g/mol. The van der Waals surface area contributed by atoms with Gasteiger partial charge in [-0.25, -0.2) is 8.78 Å². The minimum absolute atomic E-state index is 0.0233. The number of nitrogens with one attached hydrogen (secondary N) is 1. The lowest BCUT2D eigenvalue weighted by Crippen LogP contribution is -2.28. The maximum Gasteiger partial charge on any atom is 0.257 e. The van der Waals surface area contributed by atoms with Gasteiger partial charge in [0.1, 0.15) is 0 Å². The zero-order valence-corrected chi connectivity index (χ0v) is 6.47. The van der Waals surface area contributed by atoms with E-state index in [1.807, 2.05) is 0 Å². The van der Waals surface area contributed by atoms with Crippen LogP contribution in [0.3, 0.4) is 0 Å². The molecule has 0 aromatic carbocycles. The Labute approximate surface area is 64.3 Å². The van der Waals surface area contributed by atoms with Crippen LogP contribution < -0.4 is 5.32 Å². The molecule has 64 valence electrons. The van der Waals surface area contributed by atoms with Crippen LogP contribution in [-0.2, 0) is 4.79 Å². The van der Waals surface area contributed by atoms with Gasteiger partial charge in [0.05, 0.1) is 0 Å². The van der Waals surface area contributed by atoms with Crippen LogP contribution in [0, 0.1) is 0 Å². The summed E-state index contributed by atoms with van der Waals surface area (Å²) in [4.78, 5) is 10.6. The van der Waals surface area contributed by atoms with E-state index in [0.717, 1.165) is 6.08 Å². The summed E-state index contributed by atoms with van der Waals surface area (Å²) in [6.45, 7) is 3.52. The topological polar surface area (TPSA) is 29.1 Å². The quantitative estimate of drug-likeness (QED) is 0.625. The second-order valence-electron chi connectivity index (χ2n) is 2.36. The van der Waals surface area contributed by atoms with Crippen LogP contribution >= 0.6 is 0 Å². The first-order valence-electron chi connectivity index (χ1n) is 3.29. The highest BCUT2D eigenvalue weighted by molar-refractivity contribution is 5.87. The number of halogens is 2. The number of alkyl halides is 2. The van der Waals surface area contributed by atoms with Crippen molar-refractivity contribution in [3.63, 3.8) is 0 Å². The van der Waals surface area contributed by atoms with Crippen molar-refractivity contribution in [2.45, 2.75) is 26.3 Å². The fourth-order valence-corrected chi connectivity index (χ4v) is 0.493. The zero-order chi connectivity index (χ0) is 8.85. The highest BCUT2D eigenvalue weighted by Gasteiger charge is 1.99. The van der Waals surface area contributed by atoms with E-state index in [1.54, 1.807) is 13.8 Å². The number of hydrogen-bond acceptors (Lipinski definition) is 1. The average molecular weight is 163 g/mol. The molecule has 0 radical (unpaired) electrons. The van der Waals surface area contributed by atoms with E-state index < -0.39 is 12.3 Å². The highest BCUT2D eigenvalue weighted by Crippen LogP contribution is 1.92. The first-order valence-corrected chi connectivity index (χ1v) is 3.29. The summed E-state index contributed by atoms with van der Waals surface area (Å²) < 4.78 is 22.9. The SMILES string of the molecule is CC(C)NC(=O)/C=C/C(F)F. The molecule has 2 nitrogen and oxygen atoms in total. The lowest BCUT2D eigenvalue weighted by Gasteiger charge is -2.03. The summed E-state index contributed by atoms with van der Waals surface area (Å²) >= 11 is 0. The Hall–Kier alpha value is -0.930. The minimum atomic E-state index is -2.56. The van der Waals surface area contributed by atoms with Gasteiger partial charge in [0.2, 0.25) is 5.91 Å². The number of allylic oxidation sites excluding steroid dienone is 1. The molecule has 0 unspecified atom stereocenters. The zero-order valence-electron chi connectivity index (χ0n) is 6.47. The van der Waals surface area contributed by atoms with Crippen molar-refractivity contribution in [1.29, 1.82) is 0 Å². The van der Waals surface area contributed by atoms with Crippen molar-refractivity contribution in [3.8, 4) is 0 Å². The van der Waals surface area contributed by atoms with Gasteiger partial charge in [0.25, 0.3) is 6.43 Å². The maximum atomic E-state index is 11.5. The third-order valence-corrected chi connectivity index (χ3v) is 0.824. The van der Waals surface area contributed by atoms with Crippen molar-refractivity contribution in [2.24, 2.45) is 0 Å². The summed E-state index contributed by atoms with van der Waals surface area (Å²) in [5.41, 5.74) is 0. The maximum absolute atomic E-state index is 11.5. The van der Waals surface area contributed by atoms with E-state index in [9.17, 15) is 13.6 Å². The largest absolute Gasteiger partial charge is 0.350 e. The van der Waals surface area contributed by atoms with Gasteiger partial charge in [-0.2, -0.15) is 0 Å². The number of carbonyl (C=O) groups excluding carboxylic acids is 1. The van der Waals surface area contributed by atoms with E-state index in [0.29, 0.717) is 6.08 Å². The van der Waals surface area contributed by atoms with Gasteiger partial charge in [0.15, 0.2) is 0 Å². The molecule has 0 saturated carbocycles. The van der Waals surface area contributed by atoms with Crippen LogP contribution in [0.1, 0.15) is 13.8 Å². The van der Waals surface area contributed by atoms with Crippen molar-refractivity contribution in [3.05, 3.63) is 12.2 Å². The molecule has 1 amide bonds. The smallest absolute Gasteiger partial charge is 0.257 e. The fourth-order valence-electron chi connectivity index (χ4n) is 0.493. The summed E-state index contributed by atoms with van der Waals surface area (Å²) in [7, 11) is 0. The lowest BCUT2D eigenvalue weighted by atomic mass is 10.4. The molecule has 0 atom stereocenters. The van der Waals surface area contributed by atoms with Crippen molar-refractivity contribution < 1.29 is 13.6 Å². The van der Waals surface area contributed by atoms with Gasteiger partial charge < -0.3 is 5.32 Å². The van der Waals surface area contributed by atoms with E-state index in [2.05, 4.69) is 5.32 Å². The molecule has 0 aromatic heterocycles. The van der Waals surface area contributed by atoms with Crippen LogP contribution in [0.5, 0.6) is 0 Å². The summed E-state index contributed by atoms with van der Waals surface area (Å²) in [5, 5.41) is 2.44. The first-order chi connectivity index (χ1) is 5.02. The van der Waals surface area contributed by atoms with Crippen molar-refractivity contribution >= 4 is 5.91 Å². The number of hydrogen-bond donors (Lipinski definition) is 1. The minimum Gasteiger partial charge on any atom is -0.350 e. The molecule has 0 rings (SSSR count). The molecule has 11 heavy (non-hydrogen) atoms. The second-order valence-corrected chi connectivity index (χ2v) is 2.36. The van der Waals surface area contributed by atoms with E-state index in [1.165, 1.54) is 0 Å². The molecule has 0 bridgehead atoms.